The Kier molecular flexibility index (Phi) is 4.88. The van der Waals surface area contributed by atoms with Crippen LogP contribution in [-0.4, -0.2) is 37.3 Å². The third-order valence-corrected chi connectivity index (χ3v) is 5.86. The Morgan fingerprint density at radius 2 is 2.00 bits per heavy atom. The molecule has 7 nitrogen and oxygen atoms in total. The molecule has 8 heteroatoms. The molecule has 1 aromatic heterocycles. The van der Waals surface area contributed by atoms with Crippen LogP contribution < -0.4 is 5.32 Å². The molecule has 130 valence electrons. The van der Waals surface area contributed by atoms with Crippen LogP contribution in [0.3, 0.4) is 0 Å². The molecule has 0 amide bonds. The van der Waals surface area contributed by atoms with E-state index in [2.05, 4.69) is 16.9 Å². The van der Waals surface area contributed by atoms with E-state index in [-0.39, 0.29) is 22.4 Å². The summed E-state index contributed by atoms with van der Waals surface area (Å²) in [5, 5.41) is 12.0. The number of aromatic nitrogens is 1. The molecular weight excluding hydrogens is 340 g/mol. The highest BCUT2D eigenvalue weighted by Crippen LogP contribution is 2.27. The van der Waals surface area contributed by atoms with Gasteiger partial charge in [0.05, 0.1) is 4.90 Å². The Morgan fingerprint density at radius 3 is 2.60 bits per heavy atom. The molecule has 0 atom stereocenters. The van der Waals surface area contributed by atoms with Gasteiger partial charge in [-0.3, -0.25) is 0 Å². The first-order chi connectivity index (χ1) is 12.1. The molecule has 2 heterocycles. The van der Waals surface area contributed by atoms with Crippen molar-refractivity contribution in [1.29, 1.82) is 5.26 Å². The van der Waals surface area contributed by atoms with Crippen molar-refractivity contribution in [2.75, 3.05) is 25.0 Å². The second-order valence-electron chi connectivity index (χ2n) is 5.61. The Bertz CT molecular complexity index is 904. The Labute approximate surface area is 146 Å². The van der Waals surface area contributed by atoms with Crippen LogP contribution in [0, 0.1) is 11.3 Å². The summed E-state index contributed by atoms with van der Waals surface area (Å²) in [6, 6.07) is 8.30. The van der Waals surface area contributed by atoms with Gasteiger partial charge in [0.15, 0.2) is 0 Å². The van der Waals surface area contributed by atoms with Gasteiger partial charge in [-0.05, 0) is 37.1 Å². The van der Waals surface area contributed by atoms with E-state index in [4.69, 9.17) is 9.68 Å². The van der Waals surface area contributed by atoms with Gasteiger partial charge in [0.1, 0.15) is 6.07 Å². The number of hydrogen-bond donors (Lipinski definition) is 1. The maximum Gasteiger partial charge on any atom is 0.243 e. The fourth-order valence-electron chi connectivity index (χ4n) is 2.65. The number of hydrogen-bond acceptors (Lipinski definition) is 6. The topological polar surface area (TPSA) is 99.2 Å². The molecule has 2 aromatic rings. The summed E-state index contributed by atoms with van der Waals surface area (Å²) in [5.41, 5.74) is 0.745. The van der Waals surface area contributed by atoms with Crippen molar-refractivity contribution in [3.8, 4) is 17.5 Å². The zero-order chi connectivity index (χ0) is 17.9. The van der Waals surface area contributed by atoms with E-state index in [1.807, 2.05) is 6.07 Å². The van der Waals surface area contributed by atoms with Crippen molar-refractivity contribution < 1.29 is 12.8 Å². The molecule has 1 saturated heterocycles. The van der Waals surface area contributed by atoms with Gasteiger partial charge in [-0.15, -0.1) is 6.58 Å². The predicted molar refractivity (Wildman–Crippen MR) is 93.3 cm³/mol. The summed E-state index contributed by atoms with van der Waals surface area (Å²) in [6.07, 6.45) is 3.43. The quantitative estimate of drug-likeness (QED) is 0.797. The summed E-state index contributed by atoms with van der Waals surface area (Å²) in [4.78, 5) is 4.38. The molecule has 0 radical (unpaired) electrons. The third-order valence-electron chi connectivity index (χ3n) is 3.94. The molecule has 25 heavy (non-hydrogen) atoms. The number of nitriles is 1. The maximum absolute atomic E-state index is 12.5. The molecule has 0 saturated carbocycles. The zero-order valence-electron chi connectivity index (χ0n) is 13.6. The number of benzene rings is 1. The second kappa shape index (κ2) is 7.09. The fourth-order valence-corrected chi connectivity index (χ4v) is 4.17. The van der Waals surface area contributed by atoms with Crippen molar-refractivity contribution in [2.24, 2.45) is 0 Å². The van der Waals surface area contributed by atoms with Gasteiger partial charge in [0, 0.05) is 25.2 Å². The highest BCUT2D eigenvalue weighted by molar-refractivity contribution is 7.89. The van der Waals surface area contributed by atoms with Crippen LogP contribution in [0.15, 0.2) is 46.2 Å². The summed E-state index contributed by atoms with van der Waals surface area (Å²) in [7, 11) is -3.45. The normalized spacial score (nSPS) is 15.0. The van der Waals surface area contributed by atoms with Gasteiger partial charge < -0.3 is 9.73 Å². The minimum atomic E-state index is -3.45. The lowest BCUT2D eigenvalue weighted by molar-refractivity contribution is 0.477. The summed E-state index contributed by atoms with van der Waals surface area (Å²) in [6.45, 7) is 5.16. The maximum atomic E-state index is 12.5. The third kappa shape index (κ3) is 3.43. The lowest BCUT2D eigenvalue weighted by Crippen LogP contribution is -2.27. The standard InChI is InChI=1S/C17H18N4O3S/c1-2-9-19-17-15(12-18)20-16(24-17)13-5-7-14(8-6-13)25(22,23)21-10-3-4-11-21/h2,5-8,19H,1,3-4,9-11H2. The molecule has 1 aromatic carbocycles. The summed E-state index contributed by atoms with van der Waals surface area (Å²) in [5.74, 6) is 0.527. The lowest BCUT2D eigenvalue weighted by Gasteiger charge is -2.15. The van der Waals surface area contributed by atoms with E-state index in [1.54, 1.807) is 18.2 Å². The average molecular weight is 358 g/mol. The first-order valence-electron chi connectivity index (χ1n) is 7.92. The van der Waals surface area contributed by atoms with E-state index in [0.717, 1.165) is 12.8 Å². The largest absolute Gasteiger partial charge is 0.419 e. The van der Waals surface area contributed by atoms with Crippen molar-refractivity contribution in [3.05, 3.63) is 42.6 Å². The van der Waals surface area contributed by atoms with Gasteiger partial charge in [-0.2, -0.15) is 14.6 Å². The number of sulfonamides is 1. The minimum Gasteiger partial charge on any atom is -0.419 e. The molecule has 1 aliphatic rings. The smallest absolute Gasteiger partial charge is 0.243 e. The van der Waals surface area contributed by atoms with Crippen molar-refractivity contribution in [1.82, 2.24) is 9.29 Å². The number of nitrogens with zero attached hydrogens (tertiary/aromatic N) is 3. The summed E-state index contributed by atoms with van der Waals surface area (Å²) < 4.78 is 32.1. The highest BCUT2D eigenvalue weighted by atomic mass is 32.2. The van der Waals surface area contributed by atoms with Gasteiger partial charge >= 0.3 is 0 Å². The van der Waals surface area contributed by atoms with E-state index in [9.17, 15) is 8.42 Å². The molecular formula is C17H18N4O3S. The molecule has 1 fully saturated rings. The van der Waals surface area contributed by atoms with E-state index in [1.165, 1.54) is 16.4 Å². The van der Waals surface area contributed by atoms with Crippen molar-refractivity contribution >= 4 is 15.9 Å². The van der Waals surface area contributed by atoms with Crippen molar-refractivity contribution in [2.45, 2.75) is 17.7 Å². The van der Waals surface area contributed by atoms with E-state index in [0.29, 0.717) is 25.2 Å². The van der Waals surface area contributed by atoms with Gasteiger partial charge in [-0.25, -0.2) is 8.42 Å². The van der Waals surface area contributed by atoms with Crippen LogP contribution in [-0.2, 0) is 10.0 Å². The second-order valence-corrected chi connectivity index (χ2v) is 7.55. The molecule has 0 aliphatic carbocycles. The van der Waals surface area contributed by atoms with Crippen LogP contribution >= 0.6 is 0 Å². The number of anilines is 1. The SMILES string of the molecule is C=CCNc1oc(-c2ccc(S(=O)(=O)N3CCCC3)cc2)nc1C#N. The van der Waals surface area contributed by atoms with E-state index < -0.39 is 10.0 Å². The number of oxazole rings is 1. The molecule has 0 unspecified atom stereocenters. The summed E-state index contributed by atoms with van der Waals surface area (Å²) >= 11 is 0. The van der Waals surface area contributed by atoms with Gasteiger partial charge in [0.25, 0.3) is 0 Å². The molecule has 1 aliphatic heterocycles. The monoisotopic (exact) mass is 358 g/mol. The molecule has 0 spiro atoms. The Balaban J connectivity index is 1.86. The van der Waals surface area contributed by atoms with Crippen LogP contribution in [0.2, 0.25) is 0 Å². The predicted octanol–water partition coefficient (Wildman–Crippen LogP) is 2.60. The van der Waals surface area contributed by atoms with Crippen LogP contribution in [0.4, 0.5) is 5.88 Å². The zero-order valence-corrected chi connectivity index (χ0v) is 14.4. The number of rotatable bonds is 6. The average Bonchev–Trinajstić information content (AvgIpc) is 3.30. The molecule has 3 rings (SSSR count). The van der Waals surface area contributed by atoms with Crippen LogP contribution in [0.5, 0.6) is 0 Å². The first kappa shape index (κ1) is 17.2. The van der Waals surface area contributed by atoms with Gasteiger partial charge in [-0.1, -0.05) is 6.08 Å². The Hall–Kier alpha value is -2.63. The Morgan fingerprint density at radius 1 is 1.32 bits per heavy atom. The molecule has 0 bridgehead atoms. The fraction of sp³-hybridized carbons (Fsp3) is 0.294. The number of nitrogens with one attached hydrogen (secondary N) is 1. The van der Waals surface area contributed by atoms with E-state index >= 15 is 0 Å². The molecule has 1 N–H and O–H groups in total. The first-order valence-corrected chi connectivity index (χ1v) is 9.36. The lowest BCUT2D eigenvalue weighted by atomic mass is 10.2. The van der Waals surface area contributed by atoms with Crippen LogP contribution in [0.1, 0.15) is 18.5 Å². The minimum absolute atomic E-state index is 0.144. The highest BCUT2D eigenvalue weighted by Gasteiger charge is 2.27. The van der Waals surface area contributed by atoms with Crippen molar-refractivity contribution in [3.63, 3.8) is 0 Å². The van der Waals surface area contributed by atoms with Gasteiger partial charge in [0.2, 0.25) is 27.5 Å². The van der Waals surface area contributed by atoms with Crippen LogP contribution in [0.25, 0.3) is 11.5 Å².